The number of hydrogen-bond donors (Lipinski definition) is 1. The quantitative estimate of drug-likeness (QED) is 0.331. The van der Waals surface area contributed by atoms with E-state index in [0.29, 0.717) is 19.5 Å². The summed E-state index contributed by atoms with van der Waals surface area (Å²) in [5.74, 6) is -4.39. The van der Waals surface area contributed by atoms with E-state index in [-0.39, 0.29) is 28.3 Å². The van der Waals surface area contributed by atoms with Gasteiger partial charge in [-0.3, -0.25) is 19.8 Å². The second-order valence-corrected chi connectivity index (χ2v) is 6.96. The maximum absolute atomic E-state index is 13.8. The number of nitrogens with one attached hydrogen (secondary N) is 1. The Bertz CT molecular complexity index is 944. The average molecular weight is 407 g/mol. The number of rotatable bonds is 6. The van der Waals surface area contributed by atoms with Crippen LogP contribution in [-0.4, -0.2) is 34.7 Å². The maximum atomic E-state index is 13.8. The normalized spacial score (nSPS) is 19.3. The molecule has 29 heavy (non-hydrogen) atoms. The van der Waals surface area contributed by atoms with Crippen LogP contribution in [0.15, 0.2) is 30.3 Å². The number of halogens is 3. The summed E-state index contributed by atoms with van der Waals surface area (Å²) in [6.45, 7) is 4.37. The molecule has 9 heteroatoms. The van der Waals surface area contributed by atoms with Crippen molar-refractivity contribution in [1.29, 1.82) is 0 Å². The highest BCUT2D eigenvalue weighted by Gasteiger charge is 2.36. The number of hydrogen-bond acceptors (Lipinski definition) is 5. The first-order chi connectivity index (χ1) is 13.7. The number of anilines is 1. The van der Waals surface area contributed by atoms with Gasteiger partial charge in [-0.05, 0) is 49.7 Å². The highest BCUT2D eigenvalue weighted by atomic mass is 19.2. The molecule has 1 fully saturated rings. The average Bonchev–Trinajstić information content (AvgIpc) is 3.08. The SMILES string of the molecule is CCN1CCC(Nc2ccc(C(C)=O)cc2[N+](=O)[O-])C1c1cc(F)c(F)c(F)c1. The number of nitro benzene ring substituents is 1. The van der Waals surface area contributed by atoms with Crippen LogP contribution in [-0.2, 0) is 0 Å². The molecule has 2 aromatic carbocycles. The summed E-state index contributed by atoms with van der Waals surface area (Å²) < 4.78 is 41.0. The fraction of sp³-hybridized carbons (Fsp3) is 0.350. The van der Waals surface area contributed by atoms with Gasteiger partial charge in [0, 0.05) is 24.2 Å². The summed E-state index contributed by atoms with van der Waals surface area (Å²) in [5, 5.41) is 14.6. The van der Waals surface area contributed by atoms with Crippen LogP contribution in [0.4, 0.5) is 24.5 Å². The third-order valence-electron chi connectivity index (χ3n) is 5.20. The number of benzene rings is 2. The molecule has 2 unspecified atom stereocenters. The molecule has 0 aromatic heterocycles. The Kier molecular flexibility index (Phi) is 5.88. The lowest BCUT2D eigenvalue weighted by Gasteiger charge is -2.29. The molecule has 1 saturated heterocycles. The van der Waals surface area contributed by atoms with Crippen LogP contribution in [0.3, 0.4) is 0 Å². The second-order valence-electron chi connectivity index (χ2n) is 6.96. The van der Waals surface area contributed by atoms with Gasteiger partial charge in [-0.1, -0.05) is 6.92 Å². The first-order valence-corrected chi connectivity index (χ1v) is 9.17. The standard InChI is InChI=1S/C20H20F3N3O3/c1-3-25-7-6-17(20(25)13-8-14(21)19(23)15(22)9-13)24-16-5-4-12(11(2)27)10-18(16)26(28)29/h4-5,8-10,17,20,24H,3,6-7H2,1-2H3. The molecule has 0 radical (unpaired) electrons. The van der Waals surface area contributed by atoms with Crippen LogP contribution >= 0.6 is 0 Å². The summed E-state index contributed by atoms with van der Waals surface area (Å²) in [6.07, 6.45) is 0.560. The van der Waals surface area contributed by atoms with Crippen LogP contribution in [0, 0.1) is 27.6 Å². The van der Waals surface area contributed by atoms with Crippen molar-refractivity contribution < 1.29 is 22.9 Å². The predicted octanol–water partition coefficient (Wildman–Crippen LogP) is 4.46. The summed E-state index contributed by atoms with van der Waals surface area (Å²) in [7, 11) is 0. The zero-order valence-electron chi connectivity index (χ0n) is 15.9. The predicted molar refractivity (Wildman–Crippen MR) is 101 cm³/mol. The lowest BCUT2D eigenvalue weighted by molar-refractivity contribution is -0.384. The van der Waals surface area contributed by atoms with Crippen LogP contribution in [0.1, 0.15) is 42.2 Å². The number of carbonyl (C=O) groups is 1. The van der Waals surface area contributed by atoms with Gasteiger partial charge in [-0.25, -0.2) is 13.2 Å². The molecule has 6 nitrogen and oxygen atoms in total. The number of likely N-dealkylation sites (N-methyl/N-ethyl adjacent to an activating group) is 1. The van der Waals surface area contributed by atoms with E-state index < -0.39 is 34.5 Å². The third-order valence-corrected chi connectivity index (χ3v) is 5.20. The fourth-order valence-electron chi connectivity index (χ4n) is 3.77. The Morgan fingerprint density at radius 3 is 2.45 bits per heavy atom. The number of ketones is 1. The van der Waals surface area contributed by atoms with Crippen molar-refractivity contribution in [2.45, 2.75) is 32.4 Å². The molecule has 0 bridgehead atoms. The molecule has 2 atom stereocenters. The molecule has 1 heterocycles. The van der Waals surface area contributed by atoms with E-state index in [0.717, 1.165) is 12.1 Å². The van der Waals surface area contributed by atoms with Gasteiger partial charge < -0.3 is 5.32 Å². The number of nitrogens with zero attached hydrogens (tertiary/aromatic N) is 2. The molecule has 3 rings (SSSR count). The fourth-order valence-corrected chi connectivity index (χ4v) is 3.77. The van der Waals surface area contributed by atoms with Crippen molar-refractivity contribution in [3.05, 3.63) is 69.0 Å². The van der Waals surface area contributed by atoms with E-state index in [1.54, 1.807) is 0 Å². The number of likely N-dealkylation sites (tertiary alicyclic amines) is 1. The lowest BCUT2D eigenvalue weighted by Crippen LogP contribution is -2.31. The monoisotopic (exact) mass is 407 g/mol. The molecule has 0 saturated carbocycles. The first kappa shape index (κ1) is 20.8. The van der Waals surface area contributed by atoms with Gasteiger partial charge in [0.05, 0.1) is 11.0 Å². The smallest absolute Gasteiger partial charge is 0.293 e. The Labute approximate surface area is 165 Å². The summed E-state index contributed by atoms with van der Waals surface area (Å²) in [5.41, 5.74) is 0.406. The second kappa shape index (κ2) is 8.20. The first-order valence-electron chi connectivity index (χ1n) is 9.17. The number of carbonyl (C=O) groups excluding carboxylic acids is 1. The minimum atomic E-state index is -1.53. The van der Waals surface area contributed by atoms with Crippen LogP contribution in [0.2, 0.25) is 0 Å². The summed E-state index contributed by atoms with van der Waals surface area (Å²) >= 11 is 0. The molecular weight excluding hydrogens is 387 g/mol. The molecule has 154 valence electrons. The van der Waals surface area contributed by atoms with Crippen molar-refractivity contribution in [1.82, 2.24) is 4.90 Å². The van der Waals surface area contributed by atoms with E-state index in [1.807, 2.05) is 11.8 Å². The Hall–Kier alpha value is -2.94. The van der Waals surface area contributed by atoms with Gasteiger partial charge in [0.15, 0.2) is 23.2 Å². The van der Waals surface area contributed by atoms with Gasteiger partial charge in [0.2, 0.25) is 0 Å². The van der Waals surface area contributed by atoms with Crippen molar-refractivity contribution >= 4 is 17.2 Å². The number of Topliss-reactive ketones (excluding diaryl/α,β-unsaturated/α-hetero) is 1. The summed E-state index contributed by atoms with van der Waals surface area (Å²) in [4.78, 5) is 24.4. The molecule has 1 aliphatic heterocycles. The lowest BCUT2D eigenvalue weighted by atomic mass is 9.98. The molecule has 0 amide bonds. The zero-order chi connectivity index (χ0) is 21.3. The van der Waals surface area contributed by atoms with Crippen LogP contribution in [0.25, 0.3) is 0 Å². The highest BCUT2D eigenvalue weighted by Crippen LogP contribution is 2.37. The van der Waals surface area contributed by atoms with Gasteiger partial charge in [-0.2, -0.15) is 0 Å². The van der Waals surface area contributed by atoms with E-state index in [9.17, 15) is 28.1 Å². The third kappa shape index (κ3) is 4.09. The van der Waals surface area contributed by atoms with Gasteiger partial charge in [0.1, 0.15) is 5.69 Å². The van der Waals surface area contributed by atoms with Gasteiger partial charge >= 0.3 is 0 Å². The molecule has 0 aliphatic carbocycles. The Morgan fingerprint density at radius 1 is 1.24 bits per heavy atom. The van der Waals surface area contributed by atoms with E-state index in [1.165, 1.54) is 25.1 Å². The molecule has 0 spiro atoms. The molecule has 1 N–H and O–H groups in total. The van der Waals surface area contributed by atoms with Crippen molar-refractivity contribution in [3.8, 4) is 0 Å². The minimum absolute atomic E-state index is 0.205. The van der Waals surface area contributed by atoms with Crippen molar-refractivity contribution in [2.24, 2.45) is 0 Å². The summed E-state index contributed by atoms with van der Waals surface area (Å²) in [6, 6.07) is 5.14. The van der Waals surface area contributed by atoms with Crippen molar-refractivity contribution in [3.63, 3.8) is 0 Å². The Morgan fingerprint density at radius 2 is 1.90 bits per heavy atom. The maximum Gasteiger partial charge on any atom is 0.293 e. The zero-order valence-corrected chi connectivity index (χ0v) is 15.9. The van der Waals surface area contributed by atoms with E-state index in [2.05, 4.69) is 5.32 Å². The van der Waals surface area contributed by atoms with E-state index >= 15 is 0 Å². The topological polar surface area (TPSA) is 75.5 Å². The molecule has 1 aliphatic rings. The largest absolute Gasteiger partial charge is 0.375 e. The van der Waals surface area contributed by atoms with E-state index in [4.69, 9.17) is 0 Å². The minimum Gasteiger partial charge on any atom is -0.375 e. The van der Waals surface area contributed by atoms with Gasteiger partial charge in [0.25, 0.3) is 5.69 Å². The van der Waals surface area contributed by atoms with Crippen LogP contribution in [0.5, 0.6) is 0 Å². The number of nitro groups is 1. The Balaban J connectivity index is 1.98. The highest BCUT2D eigenvalue weighted by molar-refractivity contribution is 5.95. The van der Waals surface area contributed by atoms with Gasteiger partial charge in [-0.15, -0.1) is 0 Å². The van der Waals surface area contributed by atoms with Crippen molar-refractivity contribution in [2.75, 3.05) is 18.4 Å². The molecule has 2 aromatic rings. The molecular formula is C20H20F3N3O3. The van der Waals surface area contributed by atoms with Crippen LogP contribution < -0.4 is 5.32 Å².